The van der Waals surface area contributed by atoms with Crippen LogP contribution in [-0.2, 0) is 0 Å². The summed E-state index contributed by atoms with van der Waals surface area (Å²) in [4.78, 5) is 1.97. The lowest BCUT2D eigenvalue weighted by Crippen LogP contribution is -2.19. The average Bonchev–Trinajstić information content (AvgIpc) is 2.75. The summed E-state index contributed by atoms with van der Waals surface area (Å²) >= 11 is 0. The van der Waals surface area contributed by atoms with E-state index in [1.54, 1.807) is 0 Å². The van der Waals surface area contributed by atoms with Crippen molar-refractivity contribution in [2.75, 3.05) is 20.6 Å². The molecule has 3 aromatic rings. The number of aliphatic hydroxyl groups is 1. The van der Waals surface area contributed by atoms with Gasteiger partial charge in [-0.25, -0.2) is 0 Å². The summed E-state index contributed by atoms with van der Waals surface area (Å²) in [5.74, 6) is 0. The molecule has 0 unspecified atom stereocenters. The van der Waals surface area contributed by atoms with Gasteiger partial charge in [0.05, 0.1) is 6.10 Å². The Hall–Kier alpha value is -1.84. The minimum absolute atomic E-state index is 0.493. The van der Waals surface area contributed by atoms with Crippen LogP contribution >= 0.6 is 0 Å². The van der Waals surface area contributed by atoms with Gasteiger partial charge in [-0.1, -0.05) is 30.3 Å². The second-order valence-corrected chi connectivity index (χ2v) is 5.13. The van der Waals surface area contributed by atoms with Crippen molar-refractivity contribution < 1.29 is 9.52 Å². The van der Waals surface area contributed by atoms with E-state index in [4.69, 9.17) is 4.42 Å². The van der Waals surface area contributed by atoms with Crippen molar-refractivity contribution in [1.82, 2.24) is 4.90 Å². The summed E-state index contributed by atoms with van der Waals surface area (Å²) in [7, 11) is 3.89. The van der Waals surface area contributed by atoms with E-state index in [1.807, 2.05) is 55.4 Å². The third-order valence-electron chi connectivity index (χ3n) is 3.33. The Kier molecular flexibility index (Phi) is 3.01. The first kappa shape index (κ1) is 12.2. The van der Waals surface area contributed by atoms with Gasteiger partial charge in [-0.3, -0.25) is 0 Å². The molecule has 0 bridgehead atoms. The Labute approximate surface area is 112 Å². The van der Waals surface area contributed by atoms with Crippen LogP contribution < -0.4 is 0 Å². The third-order valence-corrected chi connectivity index (χ3v) is 3.33. The van der Waals surface area contributed by atoms with Crippen LogP contribution in [0.3, 0.4) is 0 Å². The van der Waals surface area contributed by atoms with Gasteiger partial charge in [0.2, 0.25) is 0 Å². The summed E-state index contributed by atoms with van der Waals surface area (Å²) < 4.78 is 5.82. The molecule has 19 heavy (non-hydrogen) atoms. The highest BCUT2D eigenvalue weighted by molar-refractivity contribution is 6.04. The van der Waals surface area contributed by atoms with Crippen LogP contribution in [0.2, 0.25) is 0 Å². The SMILES string of the molecule is CN(C)C[C@H](O)c1ccc2c(c1)oc1ccccc12. The van der Waals surface area contributed by atoms with Crippen LogP contribution in [0.5, 0.6) is 0 Å². The molecule has 98 valence electrons. The second kappa shape index (κ2) is 4.68. The van der Waals surface area contributed by atoms with Gasteiger partial charge < -0.3 is 14.4 Å². The number of likely N-dealkylation sites (N-methyl/N-ethyl adjacent to an activating group) is 1. The molecule has 0 spiro atoms. The number of furan rings is 1. The minimum Gasteiger partial charge on any atom is -0.456 e. The van der Waals surface area contributed by atoms with Crippen LogP contribution in [-0.4, -0.2) is 30.6 Å². The van der Waals surface area contributed by atoms with Crippen molar-refractivity contribution in [2.24, 2.45) is 0 Å². The number of rotatable bonds is 3. The molecule has 0 aliphatic rings. The van der Waals surface area contributed by atoms with E-state index >= 15 is 0 Å². The highest BCUT2D eigenvalue weighted by atomic mass is 16.3. The van der Waals surface area contributed by atoms with Gasteiger partial charge in [-0.15, -0.1) is 0 Å². The fourth-order valence-electron chi connectivity index (χ4n) is 2.40. The molecule has 1 N–H and O–H groups in total. The van der Waals surface area contributed by atoms with Crippen molar-refractivity contribution in [3.63, 3.8) is 0 Å². The molecule has 1 heterocycles. The highest BCUT2D eigenvalue weighted by Crippen LogP contribution is 2.30. The van der Waals surface area contributed by atoms with Gasteiger partial charge in [0.25, 0.3) is 0 Å². The molecular weight excluding hydrogens is 238 g/mol. The number of fused-ring (bicyclic) bond motifs is 3. The van der Waals surface area contributed by atoms with Gasteiger partial charge in [-0.05, 0) is 31.8 Å². The van der Waals surface area contributed by atoms with Crippen molar-refractivity contribution >= 4 is 21.9 Å². The summed E-state index contributed by atoms with van der Waals surface area (Å²) in [6, 6.07) is 13.9. The Bertz CT molecular complexity index is 715. The quantitative estimate of drug-likeness (QED) is 0.781. The molecule has 0 saturated heterocycles. The summed E-state index contributed by atoms with van der Waals surface area (Å²) in [6.45, 7) is 0.603. The van der Waals surface area contributed by atoms with Crippen molar-refractivity contribution in [3.05, 3.63) is 48.0 Å². The number of benzene rings is 2. The molecule has 0 aliphatic heterocycles. The topological polar surface area (TPSA) is 36.6 Å². The lowest BCUT2D eigenvalue weighted by atomic mass is 10.1. The molecule has 3 heteroatoms. The maximum Gasteiger partial charge on any atom is 0.135 e. The zero-order valence-electron chi connectivity index (χ0n) is 11.1. The normalized spacial score (nSPS) is 13.5. The summed E-state index contributed by atoms with van der Waals surface area (Å²) in [6.07, 6.45) is -0.493. The lowest BCUT2D eigenvalue weighted by molar-refractivity contribution is 0.138. The van der Waals surface area contributed by atoms with Gasteiger partial charge in [-0.2, -0.15) is 0 Å². The van der Waals surface area contributed by atoms with E-state index in [0.717, 1.165) is 27.5 Å². The number of nitrogens with zero attached hydrogens (tertiary/aromatic N) is 1. The molecule has 2 aromatic carbocycles. The van der Waals surface area contributed by atoms with Crippen LogP contribution in [0.4, 0.5) is 0 Å². The first-order valence-corrected chi connectivity index (χ1v) is 6.39. The van der Waals surface area contributed by atoms with Gasteiger partial charge in [0, 0.05) is 17.3 Å². The molecule has 0 radical (unpaired) electrons. The van der Waals surface area contributed by atoms with E-state index < -0.39 is 6.10 Å². The number of hydrogen-bond donors (Lipinski definition) is 1. The second-order valence-electron chi connectivity index (χ2n) is 5.13. The maximum atomic E-state index is 10.1. The van der Waals surface area contributed by atoms with Gasteiger partial charge >= 0.3 is 0 Å². The summed E-state index contributed by atoms with van der Waals surface area (Å²) in [5.41, 5.74) is 2.61. The molecule has 0 fully saturated rings. The number of hydrogen-bond acceptors (Lipinski definition) is 3. The molecule has 0 saturated carbocycles. The van der Waals surface area contributed by atoms with E-state index in [2.05, 4.69) is 6.07 Å². The largest absolute Gasteiger partial charge is 0.456 e. The first-order valence-electron chi connectivity index (χ1n) is 6.39. The zero-order valence-corrected chi connectivity index (χ0v) is 11.1. The predicted molar refractivity (Wildman–Crippen MR) is 77.2 cm³/mol. The first-order chi connectivity index (χ1) is 9.15. The fourth-order valence-corrected chi connectivity index (χ4v) is 2.40. The number of aliphatic hydroxyl groups excluding tert-OH is 1. The smallest absolute Gasteiger partial charge is 0.135 e. The maximum absolute atomic E-state index is 10.1. The van der Waals surface area contributed by atoms with Crippen LogP contribution in [0.25, 0.3) is 21.9 Å². The Morgan fingerprint density at radius 3 is 2.58 bits per heavy atom. The molecular formula is C16H17NO2. The molecule has 1 atom stereocenters. The Morgan fingerprint density at radius 2 is 1.79 bits per heavy atom. The monoisotopic (exact) mass is 255 g/mol. The number of para-hydroxylation sites is 1. The predicted octanol–water partition coefficient (Wildman–Crippen LogP) is 3.18. The Balaban J connectivity index is 2.08. The minimum atomic E-state index is -0.493. The van der Waals surface area contributed by atoms with Crippen LogP contribution in [0, 0.1) is 0 Å². The van der Waals surface area contributed by atoms with E-state index in [9.17, 15) is 5.11 Å². The van der Waals surface area contributed by atoms with Crippen LogP contribution in [0.1, 0.15) is 11.7 Å². The van der Waals surface area contributed by atoms with E-state index in [1.165, 1.54) is 0 Å². The molecule has 3 nitrogen and oxygen atoms in total. The zero-order chi connectivity index (χ0) is 13.4. The lowest BCUT2D eigenvalue weighted by Gasteiger charge is -2.15. The van der Waals surface area contributed by atoms with Crippen molar-refractivity contribution in [3.8, 4) is 0 Å². The highest BCUT2D eigenvalue weighted by Gasteiger charge is 2.12. The molecule has 3 rings (SSSR count). The molecule has 1 aromatic heterocycles. The fraction of sp³-hybridized carbons (Fsp3) is 0.250. The molecule has 0 amide bonds. The standard InChI is InChI=1S/C16H17NO2/c1-17(2)10-14(18)11-7-8-13-12-5-3-4-6-15(12)19-16(13)9-11/h3-9,14,18H,10H2,1-2H3/t14-/m0/s1. The van der Waals surface area contributed by atoms with Crippen LogP contribution in [0.15, 0.2) is 46.9 Å². The third kappa shape index (κ3) is 2.23. The Morgan fingerprint density at radius 1 is 1.05 bits per heavy atom. The van der Waals surface area contributed by atoms with Crippen molar-refractivity contribution in [1.29, 1.82) is 0 Å². The molecule has 0 aliphatic carbocycles. The van der Waals surface area contributed by atoms with E-state index in [-0.39, 0.29) is 0 Å². The van der Waals surface area contributed by atoms with Gasteiger partial charge in [0.15, 0.2) is 0 Å². The van der Waals surface area contributed by atoms with Gasteiger partial charge in [0.1, 0.15) is 11.2 Å². The summed E-state index contributed by atoms with van der Waals surface area (Å²) in [5, 5.41) is 12.4. The van der Waals surface area contributed by atoms with E-state index in [0.29, 0.717) is 6.54 Å². The average molecular weight is 255 g/mol. The van der Waals surface area contributed by atoms with Crippen molar-refractivity contribution in [2.45, 2.75) is 6.10 Å².